The lowest BCUT2D eigenvalue weighted by Crippen LogP contribution is -2.50. The van der Waals surface area contributed by atoms with E-state index in [2.05, 4.69) is 25.3 Å². The number of nitrogens with zero attached hydrogens (tertiary/aromatic N) is 1. The smallest absolute Gasteiger partial charge is 0.328 e. The summed E-state index contributed by atoms with van der Waals surface area (Å²) in [6.07, 6.45) is 2.52. The van der Waals surface area contributed by atoms with Crippen LogP contribution in [-0.4, -0.2) is 67.8 Å². The van der Waals surface area contributed by atoms with Crippen LogP contribution in [0.1, 0.15) is 52.4 Å². The Morgan fingerprint density at radius 2 is 1.62 bits per heavy atom. The lowest BCUT2D eigenvalue weighted by molar-refractivity contribution is -0.145. The molecule has 0 heterocycles. The fourth-order valence-electron chi connectivity index (χ4n) is 2.52. The highest BCUT2D eigenvalue weighted by molar-refractivity contribution is 7.97. The van der Waals surface area contributed by atoms with Crippen molar-refractivity contribution in [1.29, 1.82) is 0 Å². The molecule has 13 heteroatoms. The summed E-state index contributed by atoms with van der Waals surface area (Å²) in [5, 5.41) is 7.29. The van der Waals surface area contributed by atoms with Gasteiger partial charge >= 0.3 is 11.9 Å². The number of hydrogen-bond acceptors (Lipinski definition) is 10. The molecule has 0 fully saturated rings. The first kappa shape index (κ1) is 29.3. The molecule has 0 spiro atoms. The number of ether oxygens (including phenoxy) is 2. The molecule has 182 valence electrons. The molecule has 2 atom stereocenters. The van der Waals surface area contributed by atoms with Crippen molar-refractivity contribution in [3.05, 3.63) is 4.91 Å². The second kappa shape index (κ2) is 17.9. The van der Waals surface area contributed by atoms with Gasteiger partial charge in [-0.1, -0.05) is 19.8 Å². The molecule has 0 aromatic carbocycles. The van der Waals surface area contributed by atoms with Gasteiger partial charge in [-0.15, -0.1) is 4.91 Å². The third kappa shape index (κ3) is 13.6. The lowest BCUT2D eigenvalue weighted by Gasteiger charge is -2.19. The van der Waals surface area contributed by atoms with E-state index in [0.717, 1.165) is 12.8 Å². The molecule has 0 saturated heterocycles. The molecule has 3 amide bonds. The highest BCUT2D eigenvalue weighted by atomic mass is 32.2. The molecule has 0 radical (unpaired) electrons. The Kier molecular flexibility index (Phi) is 16.4. The molecule has 0 bridgehead atoms. The number of hydrogen-bond donors (Lipinski definition) is 3. The minimum absolute atomic E-state index is 0.0474. The number of amides is 3. The van der Waals surface area contributed by atoms with Crippen molar-refractivity contribution >= 4 is 41.6 Å². The molecular formula is C19H32N4O8S. The standard InChI is InChI=1S/C19H32N4O8S/c1-4-6-7-8-15(24)21-13(19(28)30-3)9-10-16(25)22-14(12-32-23-29)18(27)20-11-17(26)31-5-2/h13-14H,4-12H2,1-3H3,(H,20,27)(H,21,24)(H,22,25)/t13-,14-/m0/s1. The Morgan fingerprint density at radius 1 is 0.969 bits per heavy atom. The molecule has 0 aromatic rings. The zero-order valence-corrected chi connectivity index (χ0v) is 19.5. The third-order valence-corrected chi connectivity index (χ3v) is 4.73. The van der Waals surface area contributed by atoms with Gasteiger partial charge in [0.2, 0.25) is 17.7 Å². The van der Waals surface area contributed by atoms with Crippen LogP contribution in [0, 0.1) is 4.91 Å². The van der Waals surface area contributed by atoms with Crippen molar-refractivity contribution in [3.63, 3.8) is 0 Å². The average Bonchev–Trinajstić information content (AvgIpc) is 2.77. The van der Waals surface area contributed by atoms with Crippen LogP contribution < -0.4 is 16.0 Å². The Morgan fingerprint density at radius 3 is 2.22 bits per heavy atom. The summed E-state index contributed by atoms with van der Waals surface area (Å²) >= 11 is 0.528. The largest absolute Gasteiger partial charge is 0.467 e. The maximum Gasteiger partial charge on any atom is 0.328 e. The van der Waals surface area contributed by atoms with Gasteiger partial charge in [0.25, 0.3) is 0 Å². The van der Waals surface area contributed by atoms with Crippen LogP contribution in [0.15, 0.2) is 4.58 Å². The van der Waals surface area contributed by atoms with Gasteiger partial charge in [-0.2, -0.15) is 0 Å². The van der Waals surface area contributed by atoms with Crippen LogP contribution in [0.4, 0.5) is 0 Å². The van der Waals surface area contributed by atoms with Gasteiger partial charge in [-0.25, -0.2) is 4.79 Å². The molecule has 3 N–H and O–H groups in total. The van der Waals surface area contributed by atoms with Crippen molar-refractivity contribution in [3.8, 4) is 0 Å². The molecule has 0 unspecified atom stereocenters. The molecule has 32 heavy (non-hydrogen) atoms. The number of carbonyl (C=O) groups is 5. The molecule has 0 rings (SSSR count). The summed E-state index contributed by atoms with van der Waals surface area (Å²) in [6, 6.07) is -2.15. The van der Waals surface area contributed by atoms with Crippen molar-refractivity contribution < 1.29 is 33.4 Å². The summed E-state index contributed by atoms with van der Waals surface area (Å²) in [5.41, 5.74) is 0. The van der Waals surface area contributed by atoms with Gasteiger partial charge < -0.3 is 25.4 Å². The molecule has 0 aliphatic rings. The zero-order chi connectivity index (χ0) is 24.4. The Hall–Kier alpha value is -2.70. The number of unbranched alkanes of at least 4 members (excludes halogenated alkanes) is 2. The number of nitroso groups, excluding NO2 is 1. The third-order valence-electron chi connectivity index (χ3n) is 4.15. The van der Waals surface area contributed by atoms with Crippen LogP contribution in [0.25, 0.3) is 0 Å². The molecular weight excluding hydrogens is 444 g/mol. The lowest BCUT2D eigenvalue weighted by atomic mass is 10.1. The van der Waals surface area contributed by atoms with E-state index in [0.29, 0.717) is 18.4 Å². The van der Waals surface area contributed by atoms with E-state index in [-0.39, 0.29) is 37.5 Å². The Bertz CT molecular complexity index is 647. The van der Waals surface area contributed by atoms with Crippen molar-refractivity contribution in [2.45, 2.75) is 64.5 Å². The van der Waals surface area contributed by atoms with Gasteiger partial charge in [0.15, 0.2) is 0 Å². The van der Waals surface area contributed by atoms with Crippen molar-refractivity contribution in [2.24, 2.45) is 4.58 Å². The summed E-state index contributed by atoms with van der Waals surface area (Å²) < 4.78 is 12.0. The van der Waals surface area contributed by atoms with Crippen LogP contribution in [0.3, 0.4) is 0 Å². The van der Waals surface area contributed by atoms with E-state index in [1.54, 1.807) is 6.92 Å². The number of methoxy groups -OCH3 is 1. The van der Waals surface area contributed by atoms with Crippen molar-refractivity contribution in [2.75, 3.05) is 26.0 Å². The molecule has 0 aliphatic carbocycles. The van der Waals surface area contributed by atoms with Crippen LogP contribution in [-0.2, 0) is 33.4 Å². The topological polar surface area (TPSA) is 169 Å². The zero-order valence-electron chi connectivity index (χ0n) is 18.6. The van der Waals surface area contributed by atoms with E-state index in [9.17, 15) is 28.9 Å². The fourth-order valence-corrected chi connectivity index (χ4v) is 2.96. The first-order valence-corrected chi connectivity index (χ1v) is 11.3. The Labute approximate surface area is 191 Å². The number of nitrogens with one attached hydrogen (secondary N) is 3. The molecule has 0 saturated carbocycles. The number of carbonyl (C=O) groups excluding carboxylic acids is 5. The predicted octanol–water partition coefficient (Wildman–Crippen LogP) is 0.583. The molecule has 12 nitrogen and oxygen atoms in total. The minimum Gasteiger partial charge on any atom is -0.467 e. The number of rotatable bonds is 17. The van der Waals surface area contributed by atoms with E-state index >= 15 is 0 Å². The second-order valence-corrected chi connectivity index (χ2v) is 7.39. The van der Waals surface area contributed by atoms with Crippen LogP contribution in [0.5, 0.6) is 0 Å². The molecule has 0 aliphatic heterocycles. The highest BCUT2D eigenvalue weighted by Gasteiger charge is 2.25. The number of esters is 2. The summed E-state index contributed by atoms with van der Waals surface area (Å²) in [5.74, 6) is -3.11. The second-order valence-electron chi connectivity index (χ2n) is 6.65. The van der Waals surface area contributed by atoms with Crippen molar-refractivity contribution in [1.82, 2.24) is 16.0 Å². The van der Waals surface area contributed by atoms with E-state index in [1.807, 2.05) is 6.92 Å². The SMILES string of the molecule is CCCCCC(=O)N[C@@H](CCC(=O)N[C@@H](CSN=O)C(=O)NCC(=O)OCC)C(=O)OC. The summed E-state index contributed by atoms with van der Waals surface area (Å²) in [4.78, 5) is 70.2. The quantitative estimate of drug-likeness (QED) is 0.118. The Balaban J connectivity index is 4.81. The van der Waals surface area contributed by atoms with Gasteiger partial charge in [0.1, 0.15) is 18.6 Å². The van der Waals surface area contributed by atoms with E-state index < -0.39 is 42.4 Å². The van der Waals surface area contributed by atoms with Gasteiger partial charge in [0, 0.05) is 35.1 Å². The molecule has 0 aromatic heterocycles. The summed E-state index contributed by atoms with van der Waals surface area (Å²) in [7, 11) is 1.17. The van der Waals surface area contributed by atoms with Gasteiger partial charge in [0.05, 0.1) is 13.7 Å². The van der Waals surface area contributed by atoms with E-state index in [1.165, 1.54) is 7.11 Å². The van der Waals surface area contributed by atoms with Gasteiger partial charge in [-0.3, -0.25) is 19.2 Å². The van der Waals surface area contributed by atoms with E-state index in [4.69, 9.17) is 4.74 Å². The first-order chi connectivity index (χ1) is 15.3. The normalized spacial score (nSPS) is 12.1. The minimum atomic E-state index is -1.14. The fraction of sp³-hybridized carbons (Fsp3) is 0.737. The monoisotopic (exact) mass is 476 g/mol. The highest BCUT2D eigenvalue weighted by Crippen LogP contribution is 2.07. The van der Waals surface area contributed by atoms with Crippen LogP contribution >= 0.6 is 11.9 Å². The average molecular weight is 477 g/mol. The maximum atomic E-state index is 12.3. The van der Waals surface area contributed by atoms with Crippen LogP contribution in [0.2, 0.25) is 0 Å². The van der Waals surface area contributed by atoms with Gasteiger partial charge in [-0.05, 0) is 19.8 Å². The predicted molar refractivity (Wildman–Crippen MR) is 117 cm³/mol. The summed E-state index contributed by atoms with van der Waals surface area (Å²) in [6.45, 7) is 3.37. The first-order valence-electron chi connectivity index (χ1n) is 10.3. The maximum absolute atomic E-state index is 12.3.